The standard InChI is InChI=1S/C16H22N4O2/c1-2-6-15-17-18-16(20(15)7-3-1)11-19-8-10-21-12-13(19)14-5-4-9-22-14/h4-5,9,13H,1-3,6-8,10-12H2. The van der Waals surface area contributed by atoms with Crippen LogP contribution in [0.1, 0.15) is 42.7 Å². The van der Waals surface area contributed by atoms with Crippen molar-refractivity contribution < 1.29 is 9.15 Å². The van der Waals surface area contributed by atoms with Crippen molar-refractivity contribution in [2.45, 2.75) is 44.8 Å². The monoisotopic (exact) mass is 302 g/mol. The van der Waals surface area contributed by atoms with Gasteiger partial charge >= 0.3 is 0 Å². The van der Waals surface area contributed by atoms with E-state index in [2.05, 4.69) is 19.7 Å². The summed E-state index contributed by atoms with van der Waals surface area (Å²) in [6, 6.07) is 4.13. The number of furan rings is 1. The van der Waals surface area contributed by atoms with Gasteiger partial charge in [-0.15, -0.1) is 10.2 Å². The fourth-order valence-corrected chi connectivity index (χ4v) is 3.41. The first-order valence-corrected chi connectivity index (χ1v) is 8.18. The van der Waals surface area contributed by atoms with Crippen LogP contribution in [-0.4, -0.2) is 39.4 Å². The van der Waals surface area contributed by atoms with E-state index < -0.39 is 0 Å². The second-order valence-corrected chi connectivity index (χ2v) is 6.07. The number of nitrogens with zero attached hydrogens (tertiary/aromatic N) is 4. The molecule has 0 radical (unpaired) electrons. The van der Waals surface area contributed by atoms with Gasteiger partial charge in [0.05, 0.1) is 32.1 Å². The lowest BCUT2D eigenvalue weighted by Gasteiger charge is -2.33. The maximum absolute atomic E-state index is 5.64. The molecule has 0 aliphatic carbocycles. The largest absolute Gasteiger partial charge is 0.468 e. The summed E-state index contributed by atoms with van der Waals surface area (Å²) in [6.07, 6.45) is 6.52. The first-order chi connectivity index (χ1) is 10.9. The minimum absolute atomic E-state index is 0.169. The fraction of sp³-hybridized carbons (Fsp3) is 0.625. The van der Waals surface area contributed by atoms with E-state index in [9.17, 15) is 0 Å². The van der Waals surface area contributed by atoms with E-state index in [0.717, 1.165) is 50.1 Å². The molecule has 1 unspecified atom stereocenters. The molecule has 22 heavy (non-hydrogen) atoms. The second-order valence-electron chi connectivity index (χ2n) is 6.07. The zero-order chi connectivity index (χ0) is 14.8. The van der Waals surface area contributed by atoms with E-state index in [4.69, 9.17) is 9.15 Å². The zero-order valence-corrected chi connectivity index (χ0v) is 12.8. The van der Waals surface area contributed by atoms with Crippen LogP contribution in [0.3, 0.4) is 0 Å². The van der Waals surface area contributed by atoms with E-state index in [1.54, 1.807) is 6.26 Å². The highest BCUT2D eigenvalue weighted by Gasteiger charge is 2.28. The average Bonchev–Trinajstić information content (AvgIpc) is 3.14. The highest BCUT2D eigenvalue weighted by Crippen LogP contribution is 2.26. The lowest BCUT2D eigenvalue weighted by molar-refractivity contribution is -0.0218. The lowest BCUT2D eigenvalue weighted by Crippen LogP contribution is -2.39. The molecule has 6 nitrogen and oxygen atoms in total. The van der Waals surface area contributed by atoms with Gasteiger partial charge < -0.3 is 13.7 Å². The summed E-state index contributed by atoms with van der Waals surface area (Å²) in [7, 11) is 0. The molecular weight excluding hydrogens is 280 g/mol. The summed E-state index contributed by atoms with van der Waals surface area (Å²) in [6.45, 7) is 4.19. The maximum Gasteiger partial charge on any atom is 0.147 e. The number of ether oxygens (including phenoxy) is 1. The maximum atomic E-state index is 5.64. The molecule has 2 aliphatic heterocycles. The van der Waals surface area contributed by atoms with Crippen LogP contribution in [0.4, 0.5) is 0 Å². The molecule has 0 spiro atoms. The molecule has 0 aromatic carbocycles. The van der Waals surface area contributed by atoms with Crippen molar-refractivity contribution in [2.24, 2.45) is 0 Å². The van der Waals surface area contributed by atoms with Crippen LogP contribution in [0.25, 0.3) is 0 Å². The Kier molecular flexibility index (Phi) is 3.95. The summed E-state index contributed by atoms with van der Waals surface area (Å²) in [4.78, 5) is 2.39. The molecule has 0 bridgehead atoms. The third kappa shape index (κ3) is 2.68. The molecule has 4 heterocycles. The molecule has 0 N–H and O–H groups in total. The molecule has 2 aliphatic rings. The van der Waals surface area contributed by atoms with Gasteiger partial charge in [0.15, 0.2) is 0 Å². The Labute approximate surface area is 130 Å². The van der Waals surface area contributed by atoms with Crippen LogP contribution in [0.5, 0.6) is 0 Å². The van der Waals surface area contributed by atoms with Gasteiger partial charge in [-0.2, -0.15) is 0 Å². The molecule has 1 saturated heterocycles. The Morgan fingerprint density at radius 2 is 2.18 bits per heavy atom. The number of morpholine rings is 1. The van der Waals surface area contributed by atoms with Gasteiger partial charge in [0.25, 0.3) is 0 Å². The average molecular weight is 302 g/mol. The summed E-state index contributed by atoms with van der Waals surface area (Å²) < 4.78 is 13.6. The van der Waals surface area contributed by atoms with Crippen molar-refractivity contribution in [3.63, 3.8) is 0 Å². The number of hydrogen-bond acceptors (Lipinski definition) is 5. The summed E-state index contributed by atoms with van der Waals surface area (Å²) in [5.74, 6) is 3.20. The minimum atomic E-state index is 0.169. The van der Waals surface area contributed by atoms with Gasteiger partial charge in [-0.3, -0.25) is 4.90 Å². The molecular formula is C16H22N4O2. The van der Waals surface area contributed by atoms with Crippen LogP contribution in [-0.2, 0) is 24.2 Å². The number of fused-ring (bicyclic) bond motifs is 1. The highest BCUT2D eigenvalue weighted by atomic mass is 16.5. The summed E-state index contributed by atoms with van der Waals surface area (Å²) in [5, 5.41) is 8.85. The van der Waals surface area contributed by atoms with Crippen molar-refractivity contribution >= 4 is 0 Å². The predicted molar refractivity (Wildman–Crippen MR) is 80.3 cm³/mol. The Bertz CT molecular complexity index is 608. The van der Waals surface area contributed by atoms with E-state index in [1.807, 2.05) is 12.1 Å². The molecule has 1 fully saturated rings. The molecule has 0 amide bonds. The first kappa shape index (κ1) is 14.0. The zero-order valence-electron chi connectivity index (χ0n) is 12.8. The fourth-order valence-electron chi connectivity index (χ4n) is 3.41. The topological polar surface area (TPSA) is 56.3 Å². The Balaban J connectivity index is 1.55. The van der Waals surface area contributed by atoms with Gasteiger partial charge in [-0.1, -0.05) is 6.42 Å². The number of rotatable bonds is 3. The minimum Gasteiger partial charge on any atom is -0.468 e. The van der Waals surface area contributed by atoms with Crippen molar-refractivity contribution in [1.82, 2.24) is 19.7 Å². The quantitative estimate of drug-likeness (QED) is 0.869. The van der Waals surface area contributed by atoms with Crippen molar-refractivity contribution in [2.75, 3.05) is 19.8 Å². The van der Waals surface area contributed by atoms with E-state index in [-0.39, 0.29) is 6.04 Å². The molecule has 4 rings (SSSR count). The SMILES string of the molecule is c1coc(C2COCCN2Cc2nnc3n2CCCCC3)c1. The van der Waals surface area contributed by atoms with E-state index in [1.165, 1.54) is 19.3 Å². The van der Waals surface area contributed by atoms with Crippen LogP contribution in [0.2, 0.25) is 0 Å². The Hall–Kier alpha value is -1.66. The van der Waals surface area contributed by atoms with Crippen LogP contribution < -0.4 is 0 Å². The highest BCUT2D eigenvalue weighted by molar-refractivity contribution is 5.07. The summed E-state index contributed by atoms with van der Waals surface area (Å²) >= 11 is 0. The third-order valence-corrected chi connectivity index (χ3v) is 4.64. The van der Waals surface area contributed by atoms with Gasteiger partial charge in [0.2, 0.25) is 0 Å². The van der Waals surface area contributed by atoms with Crippen molar-refractivity contribution in [3.8, 4) is 0 Å². The second kappa shape index (κ2) is 6.22. The summed E-state index contributed by atoms with van der Waals surface area (Å²) in [5.41, 5.74) is 0. The molecule has 2 aromatic heterocycles. The van der Waals surface area contributed by atoms with Gasteiger partial charge in [0, 0.05) is 19.5 Å². The first-order valence-electron chi connectivity index (χ1n) is 8.18. The van der Waals surface area contributed by atoms with Crippen molar-refractivity contribution in [3.05, 3.63) is 35.8 Å². The van der Waals surface area contributed by atoms with Gasteiger partial charge in [-0.25, -0.2) is 0 Å². The smallest absolute Gasteiger partial charge is 0.147 e. The number of aromatic nitrogens is 3. The normalized spacial score (nSPS) is 23.2. The molecule has 2 aromatic rings. The van der Waals surface area contributed by atoms with Crippen LogP contribution in [0.15, 0.2) is 22.8 Å². The lowest BCUT2D eigenvalue weighted by atomic mass is 10.1. The third-order valence-electron chi connectivity index (χ3n) is 4.64. The number of aryl methyl sites for hydroxylation is 1. The van der Waals surface area contributed by atoms with E-state index >= 15 is 0 Å². The van der Waals surface area contributed by atoms with Crippen LogP contribution in [0, 0.1) is 0 Å². The molecule has 118 valence electrons. The Morgan fingerprint density at radius 3 is 3.09 bits per heavy atom. The Morgan fingerprint density at radius 1 is 1.18 bits per heavy atom. The van der Waals surface area contributed by atoms with Gasteiger partial charge in [-0.05, 0) is 25.0 Å². The molecule has 0 saturated carbocycles. The van der Waals surface area contributed by atoms with Crippen molar-refractivity contribution in [1.29, 1.82) is 0 Å². The van der Waals surface area contributed by atoms with Gasteiger partial charge in [0.1, 0.15) is 17.4 Å². The predicted octanol–water partition coefficient (Wildman–Crippen LogP) is 2.17. The molecule has 6 heteroatoms. The number of hydrogen-bond donors (Lipinski definition) is 0. The molecule has 1 atom stereocenters. The van der Waals surface area contributed by atoms with Crippen LogP contribution >= 0.6 is 0 Å². The van der Waals surface area contributed by atoms with E-state index in [0.29, 0.717) is 6.61 Å².